The molecule has 1 N–H and O–H groups in total. The molecule has 0 bridgehead atoms. The smallest absolute Gasteiger partial charge is 0.254 e. The molecule has 2 aromatic rings. The predicted molar refractivity (Wildman–Crippen MR) is 75.0 cm³/mol. The van der Waals surface area contributed by atoms with Crippen LogP contribution >= 0.6 is 27.5 Å². The molecule has 0 atom stereocenters. The maximum Gasteiger partial charge on any atom is 0.254 e. The van der Waals surface area contributed by atoms with Gasteiger partial charge in [-0.15, -0.1) is 0 Å². The highest BCUT2D eigenvalue weighted by Crippen LogP contribution is 2.27. The van der Waals surface area contributed by atoms with E-state index in [1.165, 1.54) is 0 Å². The van der Waals surface area contributed by atoms with E-state index in [0.29, 0.717) is 10.8 Å². The molecule has 1 heterocycles. The molecule has 18 heavy (non-hydrogen) atoms. The number of rotatable bonds is 1. The summed E-state index contributed by atoms with van der Waals surface area (Å²) in [5.41, 5.74) is 2.61. The lowest BCUT2D eigenvalue weighted by atomic mass is 10.2. The molecule has 1 aliphatic rings. The minimum absolute atomic E-state index is 0.0152. The normalized spacial score (nSPS) is 13.7. The van der Waals surface area contributed by atoms with Gasteiger partial charge in [0, 0.05) is 15.6 Å². The molecule has 92 valence electrons. The molecular weight excluding hydrogens is 316 g/mol. The van der Waals surface area contributed by atoms with Crippen LogP contribution in [0.2, 0.25) is 5.02 Å². The lowest BCUT2D eigenvalue weighted by molar-refractivity contribution is 0.899. The predicted octanol–water partition coefficient (Wildman–Crippen LogP) is 3.34. The number of fused-ring (bicyclic) bond motifs is 1. The maximum atomic E-state index is 11.9. The van der Waals surface area contributed by atoms with Gasteiger partial charge in [0.15, 0.2) is 0 Å². The second kappa shape index (κ2) is 4.52. The minimum Gasteiger partial charge on any atom is -0.306 e. The summed E-state index contributed by atoms with van der Waals surface area (Å²) in [6, 6.07) is 5.50. The van der Waals surface area contributed by atoms with Gasteiger partial charge in [0.05, 0.1) is 10.7 Å². The molecule has 0 fully saturated rings. The van der Waals surface area contributed by atoms with Crippen LogP contribution in [-0.2, 0) is 12.8 Å². The van der Waals surface area contributed by atoms with E-state index in [9.17, 15) is 4.79 Å². The van der Waals surface area contributed by atoms with Crippen molar-refractivity contribution < 1.29 is 0 Å². The number of halogens is 2. The lowest BCUT2D eigenvalue weighted by Gasteiger charge is -2.05. The largest absolute Gasteiger partial charge is 0.306 e. The van der Waals surface area contributed by atoms with Crippen molar-refractivity contribution in [2.24, 2.45) is 0 Å². The van der Waals surface area contributed by atoms with Crippen LogP contribution in [-0.4, -0.2) is 9.97 Å². The highest BCUT2D eigenvalue weighted by Gasteiger charge is 2.17. The molecule has 0 aliphatic heterocycles. The molecular formula is C13H10BrClN2O. The average Bonchev–Trinajstić information content (AvgIpc) is 2.81. The summed E-state index contributed by atoms with van der Waals surface area (Å²) in [7, 11) is 0. The van der Waals surface area contributed by atoms with Crippen molar-refractivity contribution in [1.29, 1.82) is 0 Å². The number of aryl methyl sites for hydroxylation is 1. The van der Waals surface area contributed by atoms with Gasteiger partial charge >= 0.3 is 0 Å². The summed E-state index contributed by atoms with van der Waals surface area (Å²) in [5, 5.41) is 0.641. The van der Waals surface area contributed by atoms with E-state index in [1.54, 1.807) is 6.07 Å². The first kappa shape index (κ1) is 11.9. The average molecular weight is 326 g/mol. The molecule has 5 heteroatoms. The van der Waals surface area contributed by atoms with Crippen molar-refractivity contribution >= 4 is 27.5 Å². The van der Waals surface area contributed by atoms with Crippen LogP contribution in [0.15, 0.2) is 27.5 Å². The van der Waals surface area contributed by atoms with Gasteiger partial charge < -0.3 is 4.98 Å². The van der Waals surface area contributed by atoms with Crippen molar-refractivity contribution in [3.05, 3.63) is 49.3 Å². The second-order valence-electron chi connectivity index (χ2n) is 4.32. The van der Waals surface area contributed by atoms with Gasteiger partial charge in [-0.1, -0.05) is 11.6 Å². The fraction of sp³-hybridized carbons (Fsp3) is 0.231. The summed E-state index contributed by atoms with van der Waals surface area (Å²) in [4.78, 5) is 19.3. The summed E-state index contributed by atoms with van der Waals surface area (Å²) < 4.78 is 0.796. The third-order valence-electron chi connectivity index (χ3n) is 3.13. The Hall–Kier alpha value is -1.13. The van der Waals surface area contributed by atoms with Crippen LogP contribution in [0, 0.1) is 0 Å². The maximum absolute atomic E-state index is 11.9. The number of benzene rings is 1. The molecule has 0 radical (unpaired) electrons. The van der Waals surface area contributed by atoms with Gasteiger partial charge in [-0.3, -0.25) is 4.79 Å². The van der Waals surface area contributed by atoms with E-state index in [1.807, 2.05) is 12.1 Å². The van der Waals surface area contributed by atoms with Crippen LogP contribution < -0.4 is 5.56 Å². The first-order valence-corrected chi connectivity index (χ1v) is 6.90. The Morgan fingerprint density at radius 1 is 1.33 bits per heavy atom. The van der Waals surface area contributed by atoms with E-state index >= 15 is 0 Å². The molecule has 0 unspecified atom stereocenters. The SMILES string of the molecule is O=c1[nH]c(-c2ccc(Cl)c(Br)c2)nc2c1CCC2. The summed E-state index contributed by atoms with van der Waals surface area (Å²) >= 11 is 9.33. The zero-order chi connectivity index (χ0) is 12.7. The van der Waals surface area contributed by atoms with Crippen LogP contribution in [0.3, 0.4) is 0 Å². The van der Waals surface area contributed by atoms with Crippen molar-refractivity contribution in [3.63, 3.8) is 0 Å². The number of hydrogen-bond acceptors (Lipinski definition) is 2. The van der Waals surface area contributed by atoms with Crippen molar-refractivity contribution in [2.75, 3.05) is 0 Å². The second-order valence-corrected chi connectivity index (χ2v) is 5.58. The summed E-state index contributed by atoms with van der Waals surface area (Å²) in [6.45, 7) is 0. The van der Waals surface area contributed by atoms with E-state index in [2.05, 4.69) is 25.9 Å². The van der Waals surface area contributed by atoms with Gasteiger partial charge in [0.25, 0.3) is 5.56 Å². The van der Waals surface area contributed by atoms with Gasteiger partial charge in [-0.2, -0.15) is 0 Å². The first-order chi connectivity index (χ1) is 8.65. The van der Waals surface area contributed by atoms with E-state index in [4.69, 9.17) is 11.6 Å². The number of nitrogens with zero attached hydrogens (tertiary/aromatic N) is 1. The molecule has 0 saturated heterocycles. The molecule has 3 rings (SSSR count). The summed E-state index contributed by atoms with van der Waals surface area (Å²) in [6.07, 6.45) is 2.74. The van der Waals surface area contributed by atoms with Crippen LogP contribution in [0.1, 0.15) is 17.7 Å². The van der Waals surface area contributed by atoms with Crippen molar-refractivity contribution in [3.8, 4) is 11.4 Å². The quantitative estimate of drug-likeness (QED) is 0.874. The van der Waals surface area contributed by atoms with Gasteiger partial charge in [0.2, 0.25) is 0 Å². The van der Waals surface area contributed by atoms with E-state index in [0.717, 1.165) is 40.6 Å². The highest BCUT2D eigenvalue weighted by molar-refractivity contribution is 9.10. The Labute approximate surface area is 117 Å². The molecule has 3 nitrogen and oxygen atoms in total. The standard InChI is InChI=1S/C13H10BrClN2O/c14-9-6-7(4-5-10(9)15)12-16-11-3-1-2-8(11)13(18)17-12/h4-6H,1-3H2,(H,16,17,18). The number of nitrogens with one attached hydrogen (secondary N) is 1. The highest BCUT2D eigenvalue weighted by atomic mass is 79.9. The number of hydrogen-bond donors (Lipinski definition) is 1. The number of H-pyrrole nitrogens is 1. The zero-order valence-corrected chi connectivity index (χ0v) is 11.8. The zero-order valence-electron chi connectivity index (χ0n) is 9.46. The monoisotopic (exact) mass is 324 g/mol. The van der Waals surface area contributed by atoms with Crippen molar-refractivity contribution in [2.45, 2.75) is 19.3 Å². The van der Waals surface area contributed by atoms with Gasteiger partial charge in [-0.25, -0.2) is 4.98 Å². The fourth-order valence-corrected chi connectivity index (χ4v) is 2.72. The Kier molecular flexibility index (Phi) is 2.99. The van der Waals surface area contributed by atoms with Gasteiger partial charge in [-0.05, 0) is 53.4 Å². The Bertz CT molecular complexity index is 681. The number of aromatic nitrogens is 2. The lowest BCUT2D eigenvalue weighted by Crippen LogP contribution is -2.15. The van der Waals surface area contributed by atoms with E-state index < -0.39 is 0 Å². The van der Waals surface area contributed by atoms with E-state index in [-0.39, 0.29) is 5.56 Å². The Balaban J connectivity index is 2.15. The first-order valence-electron chi connectivity index (χ1n) is 5.72. The Morgan fingerprint density at radius 2 is 2.17 bits per heavy atom. The third kappa shape index (κ3) is 1.99. The van der Waals surface area contributed by atoms with Crippen LogP contribution in [0.25, 0.3) is 11.4 Å². The third-order valence-corrected chi connectivity index (χ3v) is 4.35. The molecule has 1 aromatic carbocycles. The topological polar surface area (TPSA) is 45.8 Å². The molecule has 1 aromatic heterocycles. The van der Waals surface area contributed by atoms with Crippen LogP contribution in [0.5, 0.6) is 0 Å². The minimum atomic E-state index is -0.0152. The molecule has 0 spiro atoms. The molecule has 1 aliphatic carbocycles. The van der Waals surface area contributed by atoms with Gasteiger partial charge in [0.1, 0.15) is 5.82 Å². The van der Waals surface area contributed by atoms with Crippen molar-refractivity contribution in [1.82, 2.24) is 9.97 Å². The fourth-order valence-electron chi connectivity index (χ4n) is 2.22. The summed E-state index contributed by atoms with van der Waals surface area (Å²) in [5.74, 6) is 0.609. The molecule has 0 amide bonds. The molecule has 0 saturated carbocycles. The Morgan fingerprint density at radius 3 is 2.94 bits per heavy atom. The van der Waals surface area contributed by atoms with Crippen LogP contribution in [0.4, 0.5) is 0 Å². The number of aromatic amines is 1.